The highest BCUT2D eigenvalue weighted by Crippen LogP contribution is 2.28. The Morgan fingerprint density at radius 2 is 0.475 bits per heavy atom. The van der Waals surface area contributed by atoms with Crippen molar-refractivity contribution in [2.75, 3.05) is 24.9 Å². The first-order chi connectivity index (χ1) is 17.4. The van der Waals surface area contributed by atoms with Gasteiger partial charge in [-0.1, -0.05) is 0 Å². The lowest BCUT2D eigenvalue weighted by molar-refractivity contribution is 0.253. The average molecular weight is 724 g/mol. The fraction of sp³-hybridized carbons (Fsp3) is 1.00. The van der Waals surface area contributed by atoms with Crippen LogP contribution >= 0.6 is 0 Å². The van der Waals surface area contributed by atoms with Crippen molar-refractivity contribution in [1.29, 1.82) is 0 Å². The van der Waals surface area contributed by atoms with Crippen LogP contribution in [0, 0.1) is 0 Å². The first kappa shape index (κ1) is 39.6. The van der Waals surface area contributed by atoms with E-state index in [9.17, 15) is 0 Å². The zero-order valence-corrected chi connectivity index (χ0v) is 38.0. The third-order valence-corrected chi connectivity index (χ3v) is 33.9. The molecule has 0 aromatic heterocycles. The maximum atomic E-state index is 6.42. The molecule has 2 aliphatic heterocycles. The van der Waals surface area contributed by atoms with Crippen molar-refractivity contribution >= 4 is 76.1 Å². The van der Waals surface area contributed by atoms with Crippen LogP contribution in [0.15, 0.2) is 0 Å². The van der Waals surface area contributed by atoms with Crippen LogP contribution in [0.25, 0.3) is 0 Å². The Kier molecular flexibility index (Phi) is 13.4. The van der Waals surface area contributed by atoms with E-state index in [2.05, 4.69) is 118 Å². The van der Waals surface area contributed by atoms with Gasteiger partial charge >= 0.3 is 42.8 Å². The predicted molar refractivity (Wildman–Crippen MR) is 187 cm³/mol. The molecule has 0 aromatic rings. The molecule has 2 aliphatic rings. The first-order valence-corrected chi connectivity index (χ1v) is 41.0. The summed E-state index contributed by atoms with van der Waals surface area (Å²) in [6.45, 7) is 38.7. The monoisotopic (exact) mass is 722 g/mol. The van der Waals surface area contributed by atoms with E-state index < -0.39 is 76.1 Å². The van der Waals surface area contributed by atoms with E-state index in [0.717, 1.165) is 18.7 Å². The fourth-order valence-electron chi connectivity index (χ4n) is 4.80. The molecule has 0 amide bonds. The molecule has 0 spiro atoms. The van der Waals surface area contributed by atoms with E-state index in [4.69, 9.17) is 38.3 Å². The topological polar surface area (TPSA) is 83.1 Å². The zero-order chi connectivity index (χ0) is 31.7. The van der Waals surface area contributed by atoms with Crippen LogP contribution in [-0.2, 0) is 38.3 Å². The lowest BCUT2D eigenvalue weighted by Crippen LogP contribution is -2.57. The lowest BCUT2D eigenvalue weighted by atomic mass is 11.7. The normalized spacial score (nSPS) is 30.8. The fourth-order valence-corrected chi connectivity index (χ4v) is 43.9. The van der Waals surface area contributed by atoms with Crippen molar-refractivity contribution in [1.82, 2.24) is 0 Å². The van der Waals surface area contributed by atoms with Gasteiger partial charge in [0.05, 0.1) is 24.9 Å². The SMILES string of the molecule is C[Si]1(C)CO[Si](C)(C)CO[Si](C)(C)O[Si](C)(C)CO1.C[Si]1(C)CO[Si](C)(C)O[Si](C)(C)O[Si](C)(C)O[Si](C)(C)O1. The second-order valence-corrected chi connectivity index (χ2v) is 50.2. The summed E-state index contributed by atoms with van der Waals surface area (Å²) in [6.07, 6.45) is 2.89. The molecule has 0 atom stereocenters. The minimum absolute atomic E-state index is 0.651. The van der Waals surface area contributed by atoms with Crippen LogP contribution in [0.3, 0.4) is 0 Å². The van der Waals surface area contributed by atoms with Crippen molar-refractivity contribution in [3.05, 3.63) is 0 Å². The molecule has 0 radical (unpaired) electrons. The van der Waals surface area contributed by atoms with Crippen molar-refractivity contribution in [2.45, 2.75) is 118 Å². The van der Waals surface area contributed by atoms with Crippen molar-refractivity contribution < 1.29 is 38.3 Å². The molecule has 9 nitrogen and oxygen atoms in total. The molecular weight excluding hydrogens is 661 g/mol. The third-order valence-electron chi connectivity index (χ3n) is 5.67. The Balaban J connectivity index is 0.000000402. The molecule has 0 aliphatic carbocycles. The Morgan fingerprint density at radius 3 is 0.875 bits per heavy atom. The minimum Gasteiger partial charge on any atom is -0.435 e. The van der Waals surface area contributed by atoms with Gasteiger partial charge in [-0.05, 0) is 118 Å². The highest BCUT2D eigenvalue weighted by Gasteiger charge is 2.48. The van der Waals surface area contributed by atoms with Gasteiger partial charge in [-0.3, -0.25) is 0 Å². The molecular formula is C22H62O9Si9. The predicted octanol–water partition coefficient (Wildman–Crippen LogP) is 6.64. The average Bonchev–Trinajstić information content (AvgIpc) is 2.65. The summed E-state index contributed by atoms with van der Waals surface area (Å²) < 4.78 is 56.5. The van der Waals surface area contributed by atoms with Crippen molar-refractivity contribution in [3.8, 4) is 0 Å². The van der Waals surface area contributed by atoms with Crippen LogP contribution < -0.4 is 0 Å². The molecule has 0 saturated carbocycles. The lowest BCUT2D eigenvalue weighted by Gasteiger charge is -2.39. The van der Waals surface area contributed by atoms with Gasteiger partial charge in [-0.25, -0.2) is 0 Å². The van der Waals surface area contributed by atoms with Crippen LogP contribution in [0.1, 0.15) is 0 Å². The summed E-state index contributed by atoms with van der Waals surface area (Å²) in [6, 6.07) is 0. The molecule has 2 fully saturated rings. The van der Waals surface area contributed by atoms with E-state index in [1.165, 1.54) is 0 Å². The molecule has 2 saturated heterocycles. The second kappa shape index (κ2) is 13.5. The van der Waals surface area contributed by atoms with Gasteiger partial charge in [-0.15, -0.1) is 0 Å². The number of rotatable bonds is 0. The summed E-state index contributed by atoms with van der Waals surface area (Å²) in [4.78, 5) is 0. The van der Waals surface area contributed by atoms with Crippen LogP contribution in [0.2, 0.25) is 118 Å². The van der Waals surface area contributed by atoms with Crippen molar-refractivity contribution in [2.24, 2.45) is 0 Å². The zero-order valence-electron chi connectivity index (χ0n) is 29.0. The second-order valence-electron chi connectivity index (χ2n) is 15.7. The standard InChI is InChI=1S/C11H32O5Si5.C11H30O4Si4/c1-17(2)11-12-18(3,4)14-20(7,8)16-21(9,10)15-19(5,6)13-17;1-16(2)9-12-17(3,4)11-14-19(7,8)15-18(5,6)10-13-16/h11H2,1-10H3;9-11H2,1-8H3. The van der Waals surface area contributed by atoms with Gasteiger partial charge in [0, 0.05) is 0 Å². The van der Waals surface area contributed by atoms with Gasteiger partial charge in [-0.2, -0.15) is 0 Å². The molecule has 0 unspecified atom stereocenters. The van der Waals surface area contributed by atoms with Gasteiger partial charge in [0.2, 0.25) is 16.6 Å². The Morgan fingerprint density at radius 1 is 0.250 bits per heavy atom. The van der Waals surface area contributed by atoms with Gasteiger partial charge < -0.3 is 38.3 Å². The van der Waals surface area contributed by atoms with E-state index in [1.807, 2.05) is 0 Å². The summed E-state index contributed by atoms with van der Waals surface area (Å²) in [5.74, 6) is 0. The minimum atomic E-state index is -2.28. The molecule has 240 valence electrons. The molecule has 40 heavy (non-hydrogen) atoms. The van der Waals surface area contributed by atoms with Crippen LogP contribution in [0.4, 0.5) is 0 Å². The number of hydrogen-bond donors (Lipinski definition) is 0. The van der Waals surface area contributed by atoms with Crippen LogP contribution in [0.5, 0.6) is 0 Å². The maximum absolute atomic E-state index is 6.42. The first-order valence-electron chi connectivity index (χ1n) is 14.4. The summed E-state index contributed by atoms with van der Waals surface area (Å²) in [7, 11) is -18.3. The Labute approximate surface area is 256 Å². The molecule has 0 N–H and O–H groups in total. The quantitative estimate of drug-likeness (QED) is 0.256. The van der Waals surface area contributed by atoms with Gasteiger partial charge in [0.25, 0.3) is 0 Å². The van der Waals surface area contributed by atoms with Crippen molar-refractivity contribution in [3.63, 3.8) is 0 Å². The van der Waals surface area contributed by atoms with E-state index >= 15 is 0 Å². The summed E-state index contributed by atoms with van der Waals surface area (Å²) in [5, 5.41) is 0. The molecule has 0 bridgehead atoms. The number of hydrogen-bond acceptors (Lipinski definition) is 9. The van der Waals surface area contributed by atoms with E-state index in [-0.39, 0.29) is 0 Å². The van der Waals surface area contributed by atoms with E-state index in [0.29, 0.717) is 6.23 Å². The Bertz CT molecular complexity index is 771. The molecule has 18 heteroatoms. The molecule has 2 rings (SSSR count). The summed E-state index contributed by atoms with van der Waals surface area (Å²) >= 11 is 0. The van der Waals surface area contributed by atoms with Gasteiger partial charge in [0.1, 0.15) is 0 Å². The summed E-state index contributed by atoms with van der Waals surface area (Å²) in [5.41, 5.74) is 0. The largest absolute Gasteiger partial charge is 0.435 e. The van der Waals surface area contributed by atoms with Crippen LogP contribution in [-0.4, -0.2) is 101 Å². The smallest absolute Gasteiger partial charge is 0.322 e. The highest BCUT2D eigenvalue weighted by molar-refractivity contribution is 6.91. The maximum Gasteiger partial charge on any atom is 0.322 e. The van der Waals surface area contributed by atoms with E-state index in [1.54, 1.807) is 0 Å². The Hall–Kier alpha value is 1.59. The van der Waals surface area contributed by atoms with Gasteiger partial charge in [0.15, 0.2) is 16.6 Å². The third kappa shape index (κ3) is 16.6. The molecule has 0 aromatic carbocycles. The molecule has 2 heterocycles. The highest BCUT2D eigenvalue weighted by atomic mass is 28.5.